The number of carbonyl (C=O) groups excluding carboxylic acids is 1. The minimum absolute atomic E-state index is 0.0986. The monoisotopic (exact) mass is 364 g/mol. The van der Waals surface area contributed by atoms with Gasteiger partial charge in [0.1, 0.15) is 5.75 Å². The van der Waals surface area contributed by atoms with Crippen LogP contribution in [-0.2, 0) is 6.54 Å². The molecule has 0 atom stereocenters. The topological polar surface area (TPSA) is 41.6 Å². The summed E-state index contributed by atoms with van der Waals surface area (Å²) in [5, 5.41) is 2.19. The summed E-state index contributed by atoms with van der Waals surface area (Å²) in [6, 6.07) is 18.2. The molecule has 0 radical (unpaired) electrons. The predicted molar refractivity (Wildman–Crippen MR) is 107 cm³/mol. The van der Waals surface area contributed by atoms with Crippen molar-refractivity contribution in [2.75, 3.05) is 18.6 Å². The Morgan fingerprint density at radius 3 is 2.62 bits per heavy atom. The van der Waals surface area contributed by atoms with E-state index >= 15 is 0 Å². The lowest BCUT2D eigenvalue weighted by molar-refractivity contribution is 0.0994. The number of nitrogens with one attached hydrogen (secondary N) is 1. The third-order valence-electron chi connectivity index (χ3n) is 4.68. The van der Waals surface area contributed by atoms with Gasteiger partial charge in [0.2, 0.25) is 0 Å². The highest BCUT2D eigenvalue weighted by molar-refractivity contribution is 7.97. The van der Waals surface area contributed by atoms with Crippen LogP contribution >= 0.6 is 11.9 Å². The summed E-state index contributed by atoms with van der Waals surface area (Å²) in [4.78, 5) is 15.5. The van der Waals surface area contributed by atoms with Crippen molar-refractivity contribution in [2.45, 2.75) is 18.4 Å². The van der Waals surface area contributed by atoms with Crippen LogP contribution in [0.3, 0.4) is 0 Å². The van der Waals surface area contributed by atoms with Crippen LogP contribution in [0.2, 0.25) is 0 Å². The van der Waals surface area contributed by atoms with E-state index in [-0.39, 0.29) is 5.91 Å². The van der Waals surface area contributed by atoms with Crippen LogP contribution in [0.25, 0.3) is 10.8 Å². The minimum atomic E-state index is 0.0986. The molecular formula is C21H20N2O2S. The molecule has 26 heavy (non-hydrogen) atoms. The summed E-state index contributed by atoms with van der Waals surface area (Å²) in [5.41, 5.74) is 3.01. The van der Waals surface area contributed by atoms with E-state index in [1.807, 2.05) is 36.1 Å². The molecule has 4 rings (SSSR count). The fourth-order valence-corrected chi connectivity index (χ4v) is 4.17. The largest absolute Gasteiger partial charge is 0.497 e. The van der Waals surface area contributed by atoms with Crippen LogP contribution in [0.1, 0.15) is 22.8 Å². The second-order valence-corrected chi connectivity index (χ2v) is 7.06. The van der Waals surface area contributed by atoms with Gasteiger partial charge in [0.05, 0.1) is 12.8 Å². The normalized spacial score (nSPS) is 12.8. The first-order valence-corrected chi connectivity index (χ1v) is 9.44. The van der Waals surface area contributed by atoms with E-state index in [0.717, 1.165) is 39.2 Å². The molecule has 5 heteroatoms. The van der Waals surface area contributed by atoms with Gasteiger partial charge in [-0.25, -0.2) is 0 Å². The summed E-state index contributed by atoms with van der Waals surface area (Å²) >= 11 is 1.60. The lowest BCUT2D eigenvalue weighted by Crippen LogP contribution is -2.25. The van der Waals surface area contributed by atoms with Crippen molar-refractivity contribution in [1.82, 2.24) is 4.72 Å². The zero-order chi connectivity index (χ0) is 18.1. The number of methoxy groups -OCH3 is 1. The van der Waals surface area contributed by atoms with E-state index in [9.17, 15) is 4.79 Å². The number of nitrogens with zero attached hydrogens (tertiary/aromatic N) is 1. The minimum Gasteiger partial charge on any atom is -0.497 e. The number of hydrogen-bond donors (Lipinski definition) is 1. The molecule has 0 saturated heterocycles. The first-order chi connectivity index (χ1) is 12.7. The molecule has 1 N–H and O–H groups in total. The molecule has 3 aromatic rings. The predicted octanol–water partition coefficient (Wildman–Crippen LogP) is 4.63. The number of rotatable bonds is 6. The van der Waals surface area contributed by atoms with Crippen LogP contribution in [0.15, 0.2) is 59.5 Å². The van der Waals surface area contributed by atoms with E-state index in [1.54, 1.807) is 19.1 Å². The molecule has 4 nitrogen and oxygen atoms in total. The van der Waals surface area contributed by atoms with Gasteiger partial charge in [-0.15, -0.1) is 0 Å². The Balaban J connectivity index is 1.56. The first kappa shape index (κ1) is 16.9. The van der Waals surface area contributed by atoms with E-state index in [0.29, 0.717) is 6.54 Å². The Hall–Kier alpha value is -2.50. The number of ether oxygens (including phenoxy) is 1. The Labute approximate surface area is 157 Å². The number of amides is 1. The van der Waals surface area contributed by atoms with Crippen LogP contribution < -0.4 is 14.4 Å². The van der Waals surface area contributed by atoms with Crippen molar-refractivity contribution >= 4 is 34.3 Å². The van der Waals surface area contributed by atoms with Crippen molar-refractivity contribution in [3.63, 3.8) is 0 Å². The van der Waals surface area contributed by atoms with Gasteiger partial charge in [0.15, 0.2) is 0 Å². The Kier molecular flexibility index (Phi) is 4.57. The van der Waals surface area contributed by atoms with E-state index < -0.39 is 0 Å². The zero-order valence-electron chi connectivity index (χ0n) is 14.8. The van der Waals surface area contributed by atoms with Crippen LogP contribution in [-0.4, -0.2) is 19.6 Å². The number of benzene rings is 3. The Morgan fingerprint density at radius 2 is 1.88 bits per heavy atom. The molecule has 0 spiro atoms. The summed E-state index contributed by atoms with van der Waals surface area (Å²) in [7, 11) is 1.67. The third kappa shape index (κ3) is 2.83. The average molecular weight is 364 g/mol. The summed E-state index contributed by atoms with van der Waals surface area (Å²) in [6.45, 7) is 3.44. The molecule has 0 saturated carbocycles. The molecule has 132 valence electrons. The number of carbonyl (C=O) groups is 1. The molecule has 1 amide bonds. The van der Waals surface area contributed by atoms with Gasteiger partial charge in [0.25, 0.3) is 5.91 Å². The van der Waals surface area contributed by atoms with Crippen molar-refractivity contribution in [3.05, 3.63) is 65.7 Å². The van der Waals surface area contributed by atoms with Crippen molar-refractivity contribution in [2.24, 2.45) is 0 Å². The van der Waals surface area contributed by atoms with Crippen LogP contribution in [0.4, 0.5) is 5.69 Å². The smallest absolute Gasteiger partial charge is 0.258 e. The lowest BCUT2D eigenvalue weighted by Gasteiger charge is -2.15. The molecular weight excluding hydrogens is 344 g/mol. The van der Waals surface area contributed by atoms with Crippen molar-refractivity contribution in [3.8, 4) is 5.75 Å². The molecule has 0 aromatic heterocycles. The maximum atomic E-state index is 12.6. The summed E-state index contributed by atoms with van der Waals surface area (Å²) in [5.74, 6) is 0.959. The molecule has 1 aliphatic rings. The molecule has 1 heterocycles. The third-order valence-corrected chi connectivity index (χ3v) is 5.54. The van der Waals surface area contributed by atoms with Gasteiger partial charge in [-0.2, -0.15) is 0 Å². The fourth-order valence-electron chi connectivity index (χ4n) is 3.36. The van der Waals surface area contributed by atoms with Crippen molar-refractivity contribution in [1.29, 1.82) is 0 Å². The van der Waals surface area contributed by atoms with E-state index in [4.69, 9.17) is 4.74 Å². The highest BCUT2D eigenvalue weighted by atomic mass is 32.2. The zero-order valence-corrected chi connectivity index (χ0v) is 15.6. The molecule has 3 aromatic carbocycles. The van der Waals surface area contributed by atoms with Gasteiger partial charge in [-0.05, 0) is 60.2 Å². The highest BCUT2D eigenvalue weighted by Gasteiger charge is 2.29. The summed E-state index contributed by atoms with van der Waals surface area (Å²) < 4.78 is 8.61. The second-order valence-electron chi connectivity index (χ2n) is 6.13. The second kappa shape index (κ2) is 7.02. The van der Waals surface area contributed by atoms with Crippen molar-refractivity contribution < 1.29 is 9.53 Å². The quantitative estimate of drug-likeness (QED) is 0.648. The average Bonchev–Trinajstić information content (AvgIpc) is 2.97. The lowest BCUT2D eigenvalue weighted by atomic mass is 10.1. The maximum absolute atomic E-state index is 12.6. The molecule has 0 aliphatic carbocycles. The highest BCUT2D eigenvalue weighted by Crippen LogP contribution is 2.40. The standard InChI is InChI=1S/C21H20N2O2S/c1-3-23-18-11-12-19(16-5-4-6-17(20(16)18)21(23)24)26-22-13-14-7-9-15(25-2)10-8-14/h4-12,22H,3,13H2,1-2H3. The van der Waals surface area contributed by atoms with E-state index in [1.165, 1.54) is 5.56 Å². The number of hydrogen-bond acceptors (Lipinski definition) is 4. The SMILES string of the molecule is CCN1C(=O)c2cccc3c(SNCc4ccc(OC)cc4)ccc1c23. The van der Waals surface area contributed by atoms with E-state index in [2.05, 4.69) is 35.1 Å². The van der Waals surface area contributed by atoms with Gasteiger partial charge in [-0.3, -0.25) is 9.52 Å². The first-order valence-electron chi connectivity index (χ1n) is 8.63. The Bertz CT molecular complexity index is 970. The summed E-state index contributed by atoms with van der Waals surface area (Å²) in [6.07, 6.45) is 0. The molecule has 1 aliphatic heterocycles. The fraction of sp³-hybridized carbons (Fsp3) is 0.190. The molecule has 0 bridgehead atoms. The van der Waals surface area contributed by atoms with Gasteiger partial charge < -0.3 is 9.64 Å². The van der Waals surface area contributed by atoms with Gasteiger partial charge in [0, 0.05) is 28.9 Å². The van der Waals surface area contributed by atoms with Gasteiger partial charge >= 0.3 is 0 Å². The Morgan fingerprint density at radius 1 is 1.08 bits per heavy atom. The maximum Gasteiger partial charge on any atom is 0.258 e. The molecule has 0 fully saturated rings. The van der Waals surface area contributed by atoms with Gasteiger partial charge in [-0.1, -0.05) is 24.3 Å². The van der Waals surface area contributed by atoms with Crippen LogP contribution in [0.5, 0.6) is 5.75 Å². The molecule has 0 unspecified atom stereocenters. The van der Waals surface area contributed by atoms with Crippen LogP contribution in [0, 0.1) is 0 Å². The number of anilines is 1.